The third kappa shape index (κ3) is 1.03. The monoisotopic (exact) mass is 192 g/mol. The molecule has 1 N–H and O–H groups in total. The van der Waals surface area contributed by atoms with Crippen LogP contribution in [0.1, 0.15) is 24.6 Å². The van der Waals surface area contributed by atoms with Gasteiger partial charge in [0.05, 0.1) is 0 Å². The highest BCUT2D eigenvalue weighted by atomic mass is 15.3. The lowest BCUT2D eigenvalue weighted by Crippen LogP contribution is -2.30. The fraction of sp³-hybridized carbons (Fsp3) is 0.700. The van der Waals surface area contributed by atoms with E-state index < -0.39 is 0 Å². The summed E-state index contributed by atoms with van der Waals surface area (Å²) in [6, 6.07) is 0. The van der Waals surface area contributed by atoms with Gasteiger partial charge in [-0.3, -0.25) is 0 Å². The normalized spacial score (nSPS) is 20.6. The Bertz CT molecular complexity index is 364. The second kappa shape index (κ2) is 2.65. The van der Waals surface area contributed by atoms with Crippen molar-refractivity contribution in [2.45, 2.75) is 18.8 Å². The van der Waals surface area contributed by atoms with Crippen LogP contribution in [-0.2, 0) is 7.05 Å². The number of imidazole rings is 1. The lowest BCUT2D eigenvalue weighted by atomic mass is 10.4. The molecule has 2 aliphatic rings. The van der Waals surface area contributed by atoms with Gasteiger partial charge in [-0.1, -0.05) is 0 Å². The molecule has 1 aromatic heterocycles. The second-order valence-electron chi connectivity index (χ2n) is 4.32. The van der Waals surface area contributed by atoms with Crippen molar-refractivity contribution in [3.63, 3.8) is 0 Å². The SMILES string of the molecule is CN1CCNc2c1nc(C1CC1)n2C. The number of hydrogen-bond acceptors (Lipinski definition) is 3. The molecule has 2 heterocycles. The van der Waals surface area contributed by atoms with Crippen LogP contribution in [0.25, 0.3) is 0 Å². The van der Waals surface area contributed by atoms with E-state index in [1.807, 2.05) is 0 Å². The summed E-state index contributed by atoms with van der Waals surface area (Å²) in [4.78, 5) is 6.95. The van der Waals surface area contributed by atoms with Crippen molar-refractivity contribution in [3.8, 4) is 0 Å². The molecule has 0 saturated heterocycles. The number of anilines is 2. The molecule has 4 nitrogen and oxygen atoms in total. The molecule has 0 unspecified atom stereocenters. The highest BCUT2D eigenvalue weighted by Crippen LogP contribution is 2.42. The van der Waals surface area contributed by atoms with Gasteiger partial charge in [-0.05, 0) is 12.8 Å². The molecular weight excluding hydrogens is 176 g/mol. The maximum Gasteiger partial charge on any atom is 0.171 e. The average molecular weight is 192 g/mol. The van der Waals surface area contributed by atoms with E-state index >= 15 is 0 Å². The lowest BCUT2D eigenvalue weighted by Gasteiger charge is -2.24. The van der Waals surface area contributed by atoms with Gasteiger partial charge in [0.25, 0.3) is 0 Å². The van der Waals surface area contributed by atoms with Gasteiger partial charge in [-0.15, -0.1) is 0 Å². The predicted molar refractivity (Wildman–Crippen MR) is 56.9 cm³/mol. The Kier molecular flexibility index (Phi) is 1.54. The average Bonchev–Trinajstić information content (AvgIpc) is 2.94. The van der Waals surface area contributed by atoms with Crippen LogP contribution in [0.3, 0.4) is 0 Å². The van der Waals surface area contributed by atoms with Crippen LogP contribution in [0.2, 0.25) is 0 Å². The van der Waals surface area contributed by atoms with Gasteiger partial charge in [0.15, 0.2) is 11.6 Å². The van der Waals surface area contributed by atoms with Crippen LogP contribution in [0.15, 0.2) is 0 Å². The first kappa shape index (κ1) is 8.15. The maximum absolute atomic E-state index is 4.72. The Hall–Kier alpha value is -1.19. The van der Waals surface area contributed by atoms with Crippen molar-refractivity contribution in [2.75, 3.05) is 30.4 Å². The van der Waals surface area contributed by atoms with Crippen molar-refractivity contribution < 1.29 is 0 Å². The minimum Gasteiger partial charge on any atom is -0.367 e. The molecule has 0 spiro atoms. The van der Waals surface area contributed by atoms with Crippen molar-refractivity contribution in [2.24, 2.45) is 7.05 Å². The second-order valence-corrected chi connectivity index (χ2v) is 4.32. The molecule has 4 heteroatoms. The highest BCUT2D eigenvalue weighted by molar-refractivity contribution is 5.65. The van der Waals surface area contributed by atoms with Gasteiger partial charge >= 0.3 is 0 Å². The van der Waals surface area contributed by atoms with Crippen molar-refractivity contribution >= 4 is 11.6 Å². The first-order valence-electron chi connectivity index (χ1n) is 5.29. The zero-order chi connectivity index (χ0) is 9.71. The minimum absolute atomic E-state index is 0.723. The number of nitrogens with zero attached hydrogens (tertiary/aromatic N) is 3. The Morgan fingerprint density at radius 3 is 2.79 bits per heavy atom. The number of hydrogen-bond donors (Lipinski definition) is 1. The molecule has 1 saturated carbocycles. The van der Waals surface area contributed by atoms with Crippen LogP contribution in [-0.4, -0.2) is 29.7 Å². The Morgan fingerprint density at radius 1 is 1.36 bits per heavy atom. The van der Waals surface area contributed by atoms with Gasteiger partial charge < -0.3 is 14.8 Å². The van der Waals surface area contributed by atoms with Crippen LogP contribution < -0.4 is 10.2 Å². The van der Waals surface area contributed by atoms with E-state index in [4.69, 9.17) is 4.98 Å². The Balaban J connectivity index is 2.08. The summed E-state index contributed by atoms with van der Waals surface area (Å²) in [6.45, 7) is 2.07. The Labute approximate surface area is 83.9 Å². The molecule has 76 valence electrons. The van der Waals surface area contributed by atoms with E-state index in [1.165, 1.54) is 24.5 Å². The van der Waals surface area contributed by atoms with E-state index in [1.54, 1.807) is 0 Å². The minimum atomic E-state index is 0.723. The number of rotatable bonds is 1. The standard InChI is InChI=1S/C10H16N4/c1-13-6-5-11-9-10(13)12-8(14(9)2)7-3-4-7/h7,11H,3-6H2,1-2H3. The van der Waals surface area contributed by atoms with Gasteiger partial charge in [-0.25, -0.2) is 4.98 Å². The van der Waals surface area contributed by atoms with E-state index in [0.717, 1.165) is 24.8 Å². The quantitative estimate of drug-likeness (QED) is 0.725. The summed E-state index contributed by atoms with van der Waals surface area (Å²) < 4.78 is 2.22. The summed E-state index contributed by atoms with van der Waals surface area (Å²) in [5.74, 6) is 4.30. The number of likely N-dealkylation sites (N-methyl/N-ethyl adjacent to an activating group) is 1. The fourth-order valence-corrected chi connectivity index (χ4v) is 2.12. The first-order valence-corrected chi connectivity index (χ1v) is 5.29. The third-order valence-electron chi connectivity index (χ3n) is 3.16. The van der Waals surface area contributed by atoms with Gasteiger partial charge in [-0.2, -0.15) is 0 Å². The summed E-state index contributed by atoms with van der Waals surface area (Å²) in [5, 5.41) is 3.42. The molecule has 0 bridgehead atoms. The summed E-state index contributed by atoms with van der Waals surface area (Å²) in [6.07, 6.45) is 2.63. The topological polar surface area (TPSA) is 33.1 Å². The van der Waals surface area contributed by atoms with Crippen LogP contribution >= 0.6 is 0 Å². The van der Waals surface area contributed by atoms with Crippen LogP contribution in [0.5, 0.6) is 0 Å². The van der Waals surface area contributed by atoms with Gasteiger partial charge in [0, 0.05) is 33.1 Å². The third-order valence-corrected chi connectivity index (χ3v) is 3.16. The molecule has 0 radical (unpaired) electrons. The van der Waals surface area contributed by atoms with E-state index in [2.05, 4.69) is 28.9 Å². The molecule has 1 fully saturated rings. The largest absolute Gasteiger partial charge is 0.367 e. The van der Waals surface area contributed by atoms with Crippen molar-refractivity contribution in [3.05, 3.63) is 5.82 Å². The zero-order valence-electron chi connectivity index (χ0n) is 8.75. The highest BCUT2D eigenvalue weighted by Gasteiger charge is 2.31. The zero-order valence-corrected chi connectivity index (χ0v) is 8.75. The molecule has 1 aliphatic heterocycles. The molecule has 3 rings (SSSR count). The van der Waals surface area contributed by atoms with Gasteiger partial charge in [0.2, 0.25) is 0 Å². The lowest BCUT2D eigenvalue weighted by molar-refractivity contribution is 0.797. The first-order chi connectivity index (χ1) is 6.77. The Morgan fingerprint density at radius 2 is 2.14 bits per heavy atom. The molecule has 14 heavy (non-hydrogen) atoms. The summed E-state index contributed by atoms with van der Waals surface area (Å²) in [7, 11) is 4.23. The molecular formula is C10H16N4. The molecule has 0 aromatic carbocycles. The summed E-state index contributed by atoms with van der Waals surface area (Å²) in [5.41, 5.74) is 0. The van der Waals surface area contributed by atoms with Crippen molar-refractivity contribution in [1.29, 1.82) is 0 Å². The molecule has 1 aromatic rings. The fourth-order valence-electron chi connectivity index (χ4n) is 2.12. The smallest absolute Gasteiger partial charge is 0.171 e. The van der Waals surface area contributed by atoms with Gasteiger partial charge in [0.1, 0.15) is 5.82 Å². The van der Waals surface area contributed by atoms with E-state index in [-0.39, 0.29) is 0 Å². The summed E-state index contributed by atoms with van der Waals surface area (Å²) >= 11 is 0. The predicted octanol–water partition coefficient (Wildman–Crippen LogP) is 1.16. The molecule has 1 aliphatic carbocycles. The number of fused-ring (bicyclic) bond motifs is 1. The maximum atomic E-state index is 4.72. The van der Waals surface area contributed by atoms with E-state index in [9.17, 15) is 0 Å². The van der Waals surface area contributed by atoms with E-state index in [0.29, 0.717) is 0 Å². The molecule has 0 atom stereocenters. The van der Waals surface area contributed by atoms with Crippen LogP contribution in [0.4, 0.5) is 11.6 Å². The number of aromatic nitrogens is 2. The van der Waals surface area contributed by atoms with Crippen molar-refractivity contribution in [1.82, 2.24) is 9.55 Å². The number of nitrogens with one attached hydrogen (secondary N) is 1. The molecule has 0 amide bonds. The van der Waals surface area contributed by atoms with Crippen LogP contribution in [0, 0.1) is 0 Å².